The van der Waals surface area contributed by atoms with Gasteiger partial charge in [-0.3, -0.25) is 4.79 Å². The summed E-state index contributed by atoms with van der Waals surface area (Å²) in [5.74, 6) is 1.60. The number of methoxy groups -OCH3 is 2. The summed E-state index contributed by atoms with van der Waals surface area (Å²) in [6.07, 6.45) is 1.68. The topological polar surface area (TPSA) is 59.9 Å². The molecule has 0 bridgehead atoms. The summed E-state index contributed by atoms with van der Waals surface area (Å²) >= 11 is 13.9. The van der Waals surface area contributed by atoms with Crippen molar-refractivity contribution in [3.63, 3.8) is 0 Å². The molecule has 2 aromatic carbocycles. The molecule has 0 radical (unpaired) electrons. The Morgan fingerprint density at radius 2 is 2.00 bits per heavy atom. The predicted molar refractivity (Wildman–Crippen MR) is 112 cm³/mol. The quantitative estimate of drug-likeness (QED) is 0.373. The number of amides is 1. The fourth-order valence-electron chi connectivity index (χ4n) is 2.39. The number of carbonyl (C=O) groups is 1. The number of ether oxygens (including phenoxy) is 2. The maximum absolute atomic E-state index is 12.2. The van der Waals surface area contributed by atoms with Crippen LogP contribution in [0.25, 0.3) is 0 Å². The number of nitrogens with zero attached hydrogens (tertiary/aromatic N) is 1. The first-order chi connectivity index (χ1) is 13.0. The highest BCUT2D eigenvalue weighted by atomic mass is 35.5. The molecule has 2 aromatic rings. The van der Waals surface area contributed by atoms with Gasteiger partial charge in [-0.05, 0) is 47.2 Å². The van der Waals surface area contributed by atoms with Crippen LogP contribution in [0.3, 0.4) is 0 Å². The molecular weight excluding hydrogens is 407 g/mol. The van der Waals surface area contributed by atoms with E-state index in [1.807, 2.05) is 12.1 Å². The van der Waals surface area contributed by atoms with Crippen LogP contribution in [0.1, 0.15) is 18.1 Å². The van der Waals surface area contributed by atoms with E-state index in [0.717, 1.165) is 16.2 Å². The van der Waals surface area contributed by atoms with Crippen molar-refractivity contribution in [3.8, 4) is 11.5 Å². The molecule has 0 saturated carbocycles. The van der Waals surface area contributed by atoms with Crippen LogP contribution >= 0.6 is 35.0 Å². The van der Waals surface area contributed by atoms with Crippen LogP contribution in [-0.4, -0.2) is 32.1 Å². The van der Waals surface area contributed by atoms with Gasteiger partial charge < -0.3 is 9.47 Å². The number of hydrogen-bond donors (Lipinski definition) is 1. The molecule has 8 heteroatoms. The standard InChI is InChI=1S/C19H20Cl2N2O3S/c1-4-27-17-6-5-14(20)9-13(17)10-18(24)23-22-11-12-7-15(21)19(26-3)16(8-12)25-2/h5-9,11H,4,10H2,1-3H3,(H,23,24)/b22-11-. The molecule has 0 spiro atoms. The molecule has 0 fully saturated rings. The van der Waals surface area contributed by atoms with Crippen molar-refractivity contribution in [2.24, 2.45) is 5.10 Å². The Kier molecular flexibility index (Phi) is 8.28. The number of hydrogen-bond acceptors (Lipinski definition) is 5. The molecule has 0 heterocycles. The normalized spacial score (nSPS) is 10.9. The highest BCUT2D eigenvalue weighted by Gasteiger charge is 2.11. The van der Waals surface area contributed by atoms with E-state index in [2.05, 4.69) is 17.5 Å². The summed E-state index contributed by atoms with van der Waals surface area (Å²) in [5.41, 5.74) is 4.06. The van der Waals surface area contributed by atoms with E-state index in [0.29, 0.717) is 27.1 Å². The maximum atomic E-state index is 12.2. The fraction of sp³-hybridized carbons (Fsp3) is 0.263. The molecule has 144 valence electrons. The number of thioether (sulfide) groups is 1. The molecule has 1 amide bonds. The van der Waals surface area contributed by atoms with E-state index in [1.165, 1.54) is 20.4 Å². The van der Waals surface area contributed by atoms with Gasteiger partial charge in [0.1, 0.15) is 0 Å². The number of carbonyl (C=O) groups excluding carboxylic acids is 1. The fourth-order valence-corrected chi connectivity index (χ4v) is 3.67. The third-order valence-electron chi connectivity index (χ3n) is 3.53. The van der Waals surface area contributed by atoms with E-state index in [9.17, 15) is 4.79 Å². The highest BCUT2D eigenvalue weighted by Crippen LogP contribution is 2.35. The minimum Gasteiger partial charge on any atom is -0.493 e. The molecule has 5 nitrogen and oxygen atoms in total. The summed E-state index contributed by atoms with van der Waals surface area (Å²) in [5, 5.41) is 4.98. The first-order valence-electron chi connectivity index (χ1n) is 8.13. The molecular formula is C19H20Cl2N2O3S. The van der Waals surface area contributed by atoms with Crippen LogP contribution in [0.15, 0.2) is 40.3 Å². The van der Waals surface area contributed by atoms with Crippen LogP contribution in [0.4, 0.5) is 0 Å². The minimum absolute atomic E-state index is 0.187. The number of halogens is 2. The van der Waals surface area contributed by atoms with Crippen LogP contribution in [0.5, 0.6) is 11.5 Å². The van der Waals surface area contributed by atoms with Gasteiger partial charge in [-0.1, -0.05) is 30.1 Å². The molecule has 0 saturated heterocycles. The maximum Gasteiger partial charge on any atom is 0.244 e. The zero-order valence-electron chi connectivity index (χ0n) is 15.2. The second-order valence-electron chi connectivity index (χ2n) is 5.39. The van der Waals surface area contributed by atoms with Crippen molar-refractivity contribution in [1.82, 2.24) is 5.43 Å². The lowest BCUT2D eigenvalue weighted by molar-refractivity contribution is -0.120. The number of nitrogens with one attached hydrogen (secondary N) is 1. The second kappa shape index (κ2) is 10.4. The summed E-state index contributed by atoms with van der Waals surface area (Å²) in [6, 6.07) is 8.93. The van der Waals surface area contributed by atoms with Gasteiger partial charge >= 0.3 is 0 Å². The monoisotopic (exact) mass is 426 g/mol. The molecule has 1 N–H and O–H groups in total. The number of hydrazone groups is 1. The Bertz CT molecular complexity index is 844. The van der Waals surface area contributed by atoms with Gasteiger partial charge in [0.25, 0.3) is 0 Å². The zero-order chi connectivity index (χ0) is 19.8. The van der Waals surface area contributed by atoms with Crippen LogP contribution in [0.2, 0.25) is 10.0 Å². The summed E-state index contributed by atoms with van der Waals surface area (Å²) in [6.45, 7) is 2.06. The number of rotatable bonds is 8. The van der Waals surface area contributed by atoms with Gasteiger partial charge in [0, 0.05) is 9.92 Å². The highest BCUT2D eigenvalue weighted by molar-refractivity contribution is 7.99. The first-order valence-corrected chi connectivity index (χ1v) is 9.87. The van der Waals surface area contributed by atoms with Gasteiger partial charge in [0.05, 0.1) is 31.9 Å². The van der Waals surface area contributed by atoms with E-state index < -0.39 is 0 Å². The molecule has 27 heavy (non-hydrogen) atoms. The Morgan fingerprint density at radius 1 is 1.22 bits per heavy atom. The van der Waals surface area contributed by atoms with E-state index in [1.54, 1.807) is 30.0 Å². The average molecular weight is 427 g/mol. The van der Waals surface area contributed by atoms with Crippen molar-refractivity contribution >= 4 is 47.1 Å². The van der Waals surface area contributed by atoms with Crippen molar-refractivity contribution in [1.29, 1.82) is 0 Å². The van der Waals surface area contributed by atoms with Crippen molar-refractivity contribution in [2.45, 2.75) is 18.2 Å². The average Bonchev–Trinajstić information content (AvgIpc) is 2.63. The van der Waals surface area contributed by atoms with Crippen molar-refractivity contribution < 1.29 is 14.3 Å². The van der Waals surface area contributed by atoms with E-state index in [4.69, 9.17) is 32.7 Å². The molecule has 0 aliphatic carbocycles. The lowest BCUT2D eigenvalue weighted by Gasteiger charge is -2.10. The Hall–Kier alpha value is -1.89. The molecule has 0 aliphatic heterocycles. The zero-order valence-corrected chi connectivity index (χ0v) is 17.5. The smallest absolute Gasteiger partial charge is 0.244 e. The van der Waals surface area contributed by atoms with Crippen molar-refractivity contribution in [2.75, 3.05) is 20.0 Å². The minimum atomic E-state index is -0.238. The molecule has 0 unspecified atom stereocenters. The van der Waals surface area contributed by atoms with Crippen LogP contribution in [-0.2, 0) is 11.2 Å². The summed E-state index contributed by atoms with van der Waals surface area (Å²) in [4.78, 5) is 13.2. The SMILES string of the molecule is CCSc1ccc(Cl)cc1CC(=O)N/N=C\c1cc(Cl)c(OC)c(OC)c1. The second-order valence-corrected chi connectivity index (χ2v) is 7.54. The van der Waals surface area contributed by atoms with Crippen LogP contribution < -0.4 is 14.9 Å². The molecule has 0 atom stereocenters. The van der Waals surface area contributed by atoms with Crippen molar-refractivity contribution in [3.05, 3.63) is 51.5 Å². The molecule has 0 aromatic heterocycles. The molecule has 2 rings (SSSR count). The van der Waals surface area contributed by atoms with Gasteiger partial charge in [-0.25, -0.2) is 5.43 Å². The third-order valence-corrected chi connectivity index (χ3v) is 5.05. The summed E-state index contributed by atoms with van der Waals surface area (Å²) in [7, 11) is 3.03. The summed E-state index contributed by atoms with van der Waals surface area (Å²) < 4.78 is 10.4. The Balaban J connectivity index is 2.06. The predicted octanol–water partition coefficient (Wildman–Crippen LogP) is 4.82. The van der Waals surface area contributed by atoms with Crippen LogP contribution in [0, 0.1) is 0 Å². The van der Waals surface area contributed by atoms with Gasteiger partial charge in [-0.15, -0.1) is 11.8 Å². The largest absolute Gasteiger partial charge is 0.493 e. The van der Waals surface area contributed by atoms with Gasteiger partial charge in [0.15, 0.2) is 11.5 Å². The first kappa shape index (κ1) is 21.4. The Labute approximate surface area is 173 Å². The lowest BCUT2D eigenvalue weighted by atomic mass is 10.1. The lowest BCUT2D eigenvalue weighted by Crippen LogP contribution is -2.20. The third kappa shape index (κ3) is 6.06. The van der Waals surface area contributed by atoms with E-state index >= 15 is 0 Å². The molecule has 0 aliphatic rings. The Morgan fingerprint density at radius 3 is 2.67 bits per heavy atom. The van der Waals surface area contributed by atoms with E-state index in [-0.39, 0.29) is 12.3 Å². The van der Waals surface area contributed by atoms with Gasteiger partial charge in [0.2, 0.25) is 5.91 Å². The number of benzene rings is 2. The van der Waals surface area contributed by atoms with Gasteiger partial charge in [-0.2, -0.15) is 5.10 Å².